The van der Waals surface area contributed by atoms with Crippen molar-refractivity contribution in [3.8, 4) is 23.1 Å². The van der Waals surface area contributed by atoms with E-state index < -0.39 is 0 Å². The number of rotatable bonds is 3. The van der Waals surface area contributed by atoms with Crippen LogP contribution >= 0.6 is 34.5 Å². The first-order valence-corrected chi connectivity index (χ1v) is 8.52. The first kappa shape index (κ1) is 16.5. The summed E-state index contributed by atoms with van der Waals surface area (Å²) in [4.78, 5) is 4.51. The van der Waals surface area contributed by atoms with Gasteiger partial charge in [0, 0.05) is 16.0 Å². The third-order valence-electron chi connectivity index (χ3n) is 3.27. The van der Waals surface area contributed by atoms with Gasteiger partial charge in [0.25, 0.3) is 0 Å². The van der Waals surface area contributed by atoms with Gasteiger partial charge in [0.05, 0.1) is 16.3 Å². The van der Waals surface area contributed by atoms with E-state index in [-0.39, 0.29) is 5.75 Å². The molecule has 0 unspecified atom stereocenters. The van der Waals surface area contributed by atoms with Crippen molar-refractivity contribution >= 4 is 46.2 Å². The molecule has 0 aliphatic heterocycles. The van der Waals surface area contributed by atoms with E-state index in [0.717, 1.165) is 11.1 Å². The normalized spacial score (nSPS) is 11.3. The first-order valence-electron chi connectivity index (χ1n) is 6.89. The van der Waals surface area contributed by atoms with Gasteiger partial charge in [-0.25, -0.2) is 4.98 Å². The molecular formula is C18H10Cl2N2OS. The molecule has 0 aliphatic rings. The van der Waals surface area contributed by atoms with Gasteiger partial charge in [-0.15, -0.1) is 11.3 Å². The molecule has 0 radical (unpaired) electrons. The predicted molar refractivity (Wildman–Crippen MR) is 99.2 cm³/mol. The molecule has 0 fully saturated rings. The summed E-state index contributed by atoms with van der Waals surface area (Å²) in [5, 5.41) is 22.3. The standard InChI is InChI=1S/C18H10Cl2N2OS/c19-13-3-6-15(16(20)8-13)17-10-24-18(22-17)12(9-21)7-11-1-4-14(23)5-2-11/h1-8,10,23H/b12-7+. The molecule has 24 heavy (non-hydrogen) atoms. The second-order valence-corrected chi connectivity index (χ2v) is 6.63. The second kappa shape index (κ2) is 7.06. The maximum Gasteiger partial charge on any atom is 0.134 e. The molecule has 3 rings (SSSR count). The van der Waals surface area contributed by atoms with Crippen LogP contribution in [0.3, 0.4) is 0 Å². The lowest BCUT2D eigenvalue weighted by atomic mass is 10.1. The average Bonchev–Trinajstić information content (AvgIpc) is 3.04. The number of aromatic nitrogens is 1. The van der Waals surface area contributed by atoms with Gasteiger partial charge in [0.2, 0.25) is 0 Å². The lowest BCUT2D eigenvalue weighted by Crippen LogP contribution is -1.84. The second-order valence-electron chi connectivity index (χ2n) is 4.92. The van der Waals surface area contributed by atoms with Crippen molar-refractivity contribution in [1.82, 2.24) is 4.98 Å². The van der Waals surface area contributed by atoms with Crippen LogP contribution in [0.15, 0.2) is 47.8 Å². The van der Waals surface area contributed by atoms with E-state index in [4.69, 9.17) is 23.2 Å². The highest BCUT2D eigenvalue weighted by atomic mass is 35.5. The number of benzene rings is 2. The number of halogens is 2. The Labute approximate surface area is 153 Å². The molecule has 0 saturated heterocycles. The number of thiazole rings is 1. The van der Waals surface area contributed by atoms with E-state index in [1.807, 2.05) is 5.38 Å². The van der Waals surface area contributed by atoms with Crippen molar-refractivity contribution in [2.45, 2.75) is 0 Å². The average molecular weight is 373 g/mol. The molecule has 3 nitrogen and oxygen atoms in total. The van der Waals surface area contributed by atoms with Crippen LogP contribution in [0.4, 0.5) is 0 Å². The minimum Gasteiger partial charge on any atom is -0.508 e. The topological polar surface area (TPSA) is 56.9 Å². The van der Waals surface area contributed by atoms with Crippen LogP contribution in [0.1, 0.15) is 10.6 Å². The van der Waals surface area contributed by atoms with E-state index in [9.17, 15) is 10.4 Å². The number of aromatic hydroxyl groups is 1. The zero-order valence-corrected chi connectivity index (χ0v) is 14.5. The van der Waals surface area contributed by atoms with Crippen LogP contribution in [0.25, 0.3) is 22.9 Å². The van der Waals surface area contributed by atoms with Crippen LogP contribution in [0.5, 0.6) is 5.75 Å². The molecule has 0 aliphatic carbocycles. The molecule has 1 N–H and O–H groups in total. The molecule has 0 bridgehead atoms. The molecule has 1 heterocycles. The lowest BCUT2D eigenvalue weighted by molar-refractivity contribution is 0.475. The molecular weight excluding hydrogens is 363 g/mol. The Balaban J connectivity index is 1.96. The molecule has 0 amide bonds. The van der Waals surface area contributed by atoms with Gasteiger partial charge >= 0.3 is 0 Å². The Morgan fingerprint density at radius 2 is 1.92 bits per heavy atom. The molecule has 1 aromatic heterocycles. The summed E-state index contributed by atoms with van der Waals surface area (Å²) in [7, 11) is 0. The number of hydrogen-bond donors (Lipinski definition) is 1. The predicted octanol–water partition coefficient (Wildman–Crippen LogP) is 5.89. The summed E-state index contributed by atoms with van der Waals surface area (Å²) in [6, 6.07) is 14.0. The fraction of sp³-hybridized carbons (Fsp3) is 0. The fourth-order valence-corrected chi connectivity index (χ4v) is 3.39. The molecule has 0 saturated carbocycles. The Hall–Kier alpha value is -2.32. The third-order valence-corrected chi connectivity index (χ3v) is 4.69. The molecule has 0 spiro atoms. The Bertz CT molecular complexity index is 956. The van der Waals surface area contributed by atoms with Gasteiger partial charge in [-0.1, -0.05) is 35.3 Å². The van der Waals surface area contributed by atoms with E-state index in [2.05, 4.69) is 11.1 Å². The Morgan fingerprint density at radius 3 is 2.58 bits per heavy atom. The van der Waals surface area contributed by atoms with Gasteiger partial charge in [-0.05, 0) is 42.0 Å². The maximum atomic E-state index is 9.42. The van der Waals surface area contributed by atoms with Crippen LogP contribution in [-0.2, 0) is 0 Å². The number of nitriles is 1. The fourth-order valence-electron chi connectivity index (χ4n) is 2.10. The highest BCUT2D eigenvalue weighted by Crippen LogP contribution is 2.33. The number of phenols is 1. The third kappa shape index (κ3) is 3.60. The zero-order valence-electron chi connectivity index (χ0n) is 12.2. The summed E-state index contributed by atoms with van der Waals surface area (Å²) in [5.74, 6) is 0.180. The largest absolute Gasteiger partial charge is 0.508 e. The quantitative estimate of drug-likeness (QED) is 0.583. The molecule has 6 heteroatoms. The van der Waals surface area contributed by atoms with Crippen LogP contribution < -0.4 is 0 Å². The van der Waals surface area contributed by atoms with E-state index >= 15 is 0 Å². The molecule has 3 aromatic rings. The summed E-state index contributed by atoms with van der Waals surface area (Å²) in [6.07, 6.45) is 1.73. The van der Waals surface area contributed by atoms with Gasteiger partial charge < -0.3 is 5.11 Å². The highest BCUT2D eigenvalue weighted by molar-refractivity contribution is 7.11. The number of phenolic OH excluding ortho intramolecular Hbond substituents is 1. The van der Waals surface area contributed by atoms with Crippen LogP contribution in [0.2, 0.25) is 10.0 Å². The van der Waals surface area contributed by atoms with E-state index in [0.29, 0.717) is 26.3 Å². The first-order chi connectivity index (χ1) is 11.6. The van der Waals surface area contributed by atoms with Crippen molar-refractivity contribution in [1.29, 1.82) is 5.26 Å². The Kier molecular flexibility index (Phi) is 4.86. The van der Waals surface area contributed by atoms with Crippen molar-refractivity contribution < 1.29 is 5.11 Å². The highest BCUT2D eigenvalue weighted by Gasteiger charge is 2.11. The smallest absolute Gasteiger partial charge is 0.134 e. The van der Waals surface area contributed by atoms with Gasteiger partial charge in [0.1, 0.15) is 16.8 Å². The number of nitrogens with zero attached hydrogens (tertiary/aromatic N) is 2. The summed E-state index contributed by atoms with van der Waals surface area (Å²) < 4.78 is 0. The molecule has 0 atom stereocenters. The van der Waals surface area contributed by atoms with Gasteiger partial charge in [-0.3, -0.25) is 0 Å². The summed E-state index contributed by atoms with van der Waals surface area (Å²) in [5.41, 5.74) is 2.72. The molecule has 2 aromatic carbocycles. The van der Waals surface area contributed by atoms with Crippen molar-refractivity contribution in [2.24, 2.45) is 0 Å². The maximum absolute atomic E-state index is 9.42. The lowest BCUT2D eigenvalue weighted by Gasteiger charge is -2.01. The van der Waals surface area contributed by atoms with Gasteiger partial charge in [0.15, 0.2) is 0 Å². The van der Waals surface area contributed by atoms with Crippen molar-refractivity contribution in [2.75, 3.05) is 0 Å². The van der Waals surface area contributed by atoms with Crippen molar-refractivity contribution in [3.63, 3.8) is 0 Å². The minimum atomic E-state index is 0.180. The number of hydrogen-bond acceptors (Lipinski definition) is 4. The van der Waals surface area contributed by atoms with E-state index in [1.54, 1.807) is 48.5 Å². The Morgan fingerprint density at radius 1 is 1.17 bits per heavy atom. The SMILES string of the molecule is N#C/C(=C\c1ccc(O)cc1)c1nc(-c2ccc(Cl)cc2Cl)cs1. The van der Waals surface area contributed by atoms with E-state index in [1.165, 1.54) is 11.3 Å². The minimum absolute atomic E-state index is 0.180. The molecule has 118 valence electrons. The zero-order chi connectivity index (χ0) is 17.1. The van der Waals surface area contributed by atoms with Crippen molar-refractivity contribution in [3.05, 3.63) is 68.5 Å². The monoisotopic (exact) mass is 372 g/mol. The van der Waals surface area contributed by atoms with Gasteiger partial charge in [-0.2, -0.15) is 5.26 Å². The summed E-state index contributed by atoms with van der Waals surface area (Å²) in [6.45, 7) is 0. The van der Waals surface area contributed by atoms with Crippen LogP contribution in [-0.4, -0.2) is 10.1 Å². The number of allylic oxidation sites excluding steroid dienone is 1. The summed E-state index contributed by atoms with van der Waals surface area (Å²) >= 11 is 13.5. The van der Waals surface area contributed by atoms with Crippen LogP contribution in [0, 0.1) is 11.3 Å².